The van der Waals surface area contributed by atoms with Crippen LogP contribution in [0.1, 0.15) is 41.7 Å². The van der Waals surface area contributed by atoms with Crippen LogP contribution in [0.3, 0.4) is 0 Å². The summed E-state index contributed by atoms with van der Waals surface area (Å²) in [6.07, 6.45) is 0. The van der Waals surface area contributed by atoms with Gasteiger partial charge in [0.1, 0.15) is 6.54 Å². The number of carbonyl (C=O) groups is 1. The van der Waals surface area contributed by atoms with Crippen LogP contribution in [0.5, 0.6) is 0 Å². The Labute approximate surface area is 129 Å². The van der Waals surface area contributed by atoms with Gasteiger partial charge in [-0.15, -0.1) is 10.2 Å². The molecule has 8 heteroatoms. The fraction of sp³-hybridized carbons (Fsp3) is 0.571. The summed E-state index contributed by atoms with van der Waals surface area (Å²) in [4.78, 5) is 13.8. The summed E-state index contributed by atoms with van der Waals surface area (Å²) in [7, 11) is 3.58. The van der Waals surface area contributed by atoms with Crippen molar-refractivity contribution in [2.75, 3.05) is 7.05 Å². The van der Waals surface area contributed by atoms with E-state index in [1.807, 2.05) is 32.5 Å². The zero-order valence-electron chi connectivity index (χ0n) is 13.8. The highest BCUT2D eigenvalue weighted by Crippen LogP contribution is 2.20. The van der Waals surface area contributed by atoms with Crippen molar-refractivity contribution in [2.24, 2.45) is 7.05 Å². The fourth-order valence-electron chi connectivity index (χ4n) is 2.46. The standard InChI is InChI=1S/C14H22N6O2/c1-8(13-9(2)18-20(6)10(13)3)15-14(21)19(5)7-12-17-16-11(4)22-12/h8H,7H2,1-6H3,(H,15,21)/t8-/m1/s1. The Morgan fingerprint density at radius 3 is 2.55 bits per heavy atom. The lowest BCUT2D eigenvalue weighted by atomic mass is 10.1. The molecule has 1 N–H and O–H groups in total. The maximum absolute atomic E-state index is 12.3. The average molecular weight is 306 g/mol. The molecule has 2 amide bonds. The first-order valence-electron chi connectivity index (χ1n) is 7.10. The number of aromatic nitrogens is 4. The molecule has 2 aromatic heterocycles. The van der Waals surface area contributed by atoms with Crippen molar-refractivity contribution >= 4 is 6.03 Å². The van der Waals surface area contributed by atoms with Gasteiger partial charge in [-0.3, -0.25) is 4.68 Å². The SMILES string of the molecule is Cc1nnc(CN(C)C(=O)N[C@H](C)c2c(C)nn(C)c2C)o1. The van der Waals surface area contributed by atoms with E-state index in [0.717, 1.165) is 17.0 Å². The Kier molecular flexibility index (Phi) is 4.48. The number of nitrogens with one attached hydrogen (secondary N) is 1. The summed E-state index contributed by atoms with van der Waals surface area (Å²) in [6, 6.07) is -0.334. The Hall–Kier alpha value is -2.38. The smallest absolute Gasteiger partial charge is 0.318 e. The summed E-state index contributed by atoms with van der Waals surface area (Å²) < 4.78 is 7.10. The molecule has 0 aliphatic rings. The Balaban J connectivity index is 2.01. The molecule has 2 aromatic rings. The maximum Gasteiger partial charge on any atom is 0.318 e. The molecule has 0 bridgehead atoms. The number of hydrogen-bond acceptors (Lipinski definition) is 5. The molecule has 120 valence electrons. The number of rotatable bonds is 4. The molecule has 0 spiro atoms. The van der Waals surface area contributed by atoms with Crippen LogP contribution in [0, 0.1) is 20.8 Å². The number of urea groups is 1. The first-order valence-corrected chi connectivity index (χ1v) is 7.10. The molecule has 0 aliphatic heterocycles. The minimum atomic E-state index is -0.203. The molecule has 1 atom stereocenters. The average Bonchev–Trinajstić information content (AvgIpc) is 2.93. The van der Waals surface area contributed by atoms with Crippen LogP contribution in [0.15, 0.2) is 4.42 Å². The first-order chi connectivity index (χ1) is 10.3. The molecule has 2 heterocycles. The third kappa shape index (κ3) is 3.26. The minimum absolute atomic E-state index is 0.131. The zero-order valence-corrected chi connectivity index (χ0v) is 13.8. The highest BCUT2D eigenvalue weighted by atomic mass is 16.4. The van der Waals surface area contributed by atoms with Gasteiger partial charge in [-0.25, -0.2) is 4.79 Å². The van der Waals surface area contributed by atoms with E-state index in [9.17, 15) is 4.79 Å². The topological polar surface area (TPSA) is 89.1 Å². The summed E-state index contributed by atoms with van der Waals surface area (Å²) in [6.45, 7) is 7.86. The minimum Gasteiger partial charge on any atom is -0.424 e. The number of nitrogens with zero attached hydrogens (tertiary/aromatic N) is 5. The van der Waals surface area contributed by atoms with E-state index in [1.165, 1.54) is 4.90 Å². The van der Waals surface area contributed by atoms with E-state index in [-0.39, 0.29) is 18.6 Å². The molecular formula is C14H22N6O2. The predicted octanol–water partition coefficient (Wildman–Crippen LogP) is 1.63. The van der Waals surface area contributed by atoms with Crippen molar-refractivity contribution in [3.8, 4) is 0 Å². The predicted molar refractivity (Wildman–Crippen MR) is 80.1 cm³/mol. The second-order valence-corrected chi connectivity index (χ2v) is 5.45. The summed E-state index contributed by atoms with van der Waals surface area (Å²) in [5.74, 6) is 0.898. The van der Waals surface area contributed by atoms with E-state index in [0.29, 0.717) is 11.8 Å². The first kappa shape index (κ1) is 16.0. The van der Waals surface area contributed by atoms with Crippen LogP contribution in [0.4, 0.5) is 4.79 Å². The molecule has 0 fully saturated rings. The second-order valence-electron chi connectivity index (χ2n) is 5.45. The van der Waals surface area contributed by atoms with Gasteiger partial charge in [-0.1, -0.05) is 0 Å². The number of aryl methyl sites for hydroxylation is 3. The van der Waals surface area contributed by atoms with Gasteiger partial charge >= 0.3 is 6.03 Å². The van der Waals surface area contributed by atoms with E-state index < -0.39 is 0 Å². The lowest BCUT2D eigenvalue weighted by molar-refractivity contribution is 0.198. The van der Waals surface area contributed by atoms with Crippen molar-refractivity contribution in [3.63, 3.8) is 0 Å². The molecular weight excluding hydrogens is 284 g/mol. The van der Waals surface area contributed by atoms with E-state index in [1.54, 1.807) is 14.0 Å². The third-order valence-corrected chi connectivity index (χ3v) is 3.62. The van der Waals surface area contributed by atoms with Crippen LogP contribution < -0.4 is 5.32 Å². The van der Waals surface area contributed by atoms with Crippen LogP contribution in [0.25, 0.3) is 0 Å². The molecule has 8 nitrogen and oxygen atoms in total. The van der Waals surface area contributed by atoms with Gasteiger partial charge < -0.3 is 14.6 Å². The summed E-state index contributed by atoms with van der Waals surface area (Å²) in [5, 5.41) is 15.0. The second kappa shape index (κ2) is 6.17. The molecule has 0 unspecified atom stereocenters. The molecule has 22 heavy (non-hydrogen) atoms. The van der Waals surface area contributed by atoms with Gasteiger partial charge in [0.15, 0.2) is 0 Å². The van der Waals surface area contributed by atoms with Crippen LogP contribution >= 0.6 is 0 Å². The molecule has 0 saturated heterocycles. The van der Waals surface area contributed by atoms with Crippen molar-refractivity contribution < 1.29 is 9.21 Å². The molecule has 0 radical (unpaired) electrons. The molecule has 2 rings (SSSR count). The van der Waals surface area contributed by atoms with Crippen molar-refractivity contribution in [1.29, 1.82) is 0 Å². The number of hydrogen-bond donors (Lipinski definition) is 1. The van der Waals surface area contributed by atoms with Gasteiger partial charge in [0.05, 0.1) is 11.7 Å². The van der Waals surface area contributed by atoms with Crippen LogP contribution in [-0.4, -0.2) is 38.0 Å². The fourth-order valence-corrected chi connectivity index (χ4v) is 2.46. The molecule has 0 saturated carbocycles. The zero-order chi connectivity index (χ0) is 16.4. The summed E-state index contributed by atoms with van der Waals surface area (Å²) in [5.41, 5.74) is 3.00. The number of carbonyl (C=O) groups excluding carboxylic acids is 1. The molecule has 0 aromatic carbocycles. The Bertz CT molecular complexity index is 675. The maximum atomic E-state index is 12.3. The monoisotopic (exact) mass is 306 g/mol. The van der Waals surface area contributed by atoms with Gasteiger partial charge in [0.25, 0.3) is 0 Å². The lowest BCUT2D eigenvalue weighted by Gasteiger charge is -2.20. The van der Waals surface area contributed by atoms with Gasteiger partial charge in [-0.05, 0) is 20.8 Å². The Morgan fingerprint density at radius 2 is 2.05 bits per heavy atom. The van der Waals surface area contributed by atoms with Crippen LogP contribution in [-0.2, 0) is 13.6 Å². The van der Waals surface area contributed by atoms with Crippen LogP contribution in [0.2, 0.25) is 0 Å². The van der Waals surface area contributed by atoms with Crippen molar-refractivity contribution in [2.45, 2.75) is 40.3 Å². The van der Waals surface area contributed by atoms with Gasteiger partial charge in [-0.2, -0.15) is 5.10 Å². The van der Waals surface area contributed by atoms with E-state index in [4.69, 9.17) is 4.42 Å². The lowest BCUT2D eigenvalue weighted by Crippen LogP contribution is -2.38. The van der Waals surface area contributed by atoms with Gasteiger partial charge in [0, 0.05) is 32.3 Å². The summed E-state index contributed by atoms with van der Waals surface area (Å²) >= 11 is 0. The molecule has 0 aliphatic carbocycles. The van der Waals surface area contributed by atoms with Crippen molar-refractivity contribution in [3.05, 3.63) is 28.7 Å². The van der Waals surface area contributed by atoms with E-state index in [2.05, 4.69) is 20.6 Å². The van der Waals surface area contributed by atoms with Gasteiger partial charge in [0.2, 0.25) is 11.8 Å². The normalized spacial score (nSPS) is 12.3. The third-order valence-electron chi connectivity index (χ3n) is 3.62. The van der Waals surface area contributed by atoms with Crippen molar-refractivity contribution in [1.82, 2.24) is 30.2 Å². The Morgan fingerprint density at radius 1 is 1.36 bits per heavy atom. The quantitative estimate of drug-likeness (QED) is 0.927. The highest BCUT2D eigenvalue weighted by molar-refractivity contribution is 5.74. The number of amides is 2. The highest BCUT2D eigenvalue weighted by Gasteiger charge is 2.20. The largest absolute Gasteiger partial charge is 0.424 e. The van der Waals surface area contributed by atoms with E-state index >= 15 is 0 Å².